The molecule has 3 aromatic rings. The first-order valence-electron chi connectivity index (χ1n) is 10.3. The number of carbonyl (C=O) groups excluding carboxylic acids is 1. The van der Waals surface area contributed by atoms with Crippen LogP contribution in [0.15, 0.2) is 36.7 Å². The lowest BCUT2D eigenvalue weighted by atomic mass is 10.3. The van der Waals surface area contributed by atoms with E-state index in [0.717, 1.165) is 18.7 Å². The number of nitrogens with one attached hydrogen (secondary N) is 2. The van der Waals surface area contributed by atoms with E-state index in [0.29, 0.717) is 49.2 Å². The predicted molar refractivity (Wildman–Crippen MR) is 114 cm³/mol. The zero-order valence-corrected chi connectivity index (χ0v) is 16.8. The summed E-state index contributed by atoms with van der Waals surface area (Å²) in [7, 11) is 0. The number of anilines is 4. The number of hydrogen-bond donors (Lipinski definition) is 3. The summed E-state index contributed by atoms with van der Waals surface area (Å²) in [5, 5.41) is 19.6. The predicted octanol–water partition coefficient (Wildman–Crippen LogP) is 1.89. The zero-order chi connectivity index (χ0) is 21.4. The van der Waals surface area contributed by atoms with E-state index in [1.807, 2.05) is 11.0 Å². The SMILES string of the molecule is O=C(Nc1ccc(N2CCC(O)C2)cn1)Nc1cnc2ccc(N3CCC(F)C3)nn12. The monoisotopic (exact) mass is 426 g/mol. The number of hydrogen-bond acceptors (Lipinski definition) is 7. The number of amides is 2. The number of β-amino-alcohol motifs (C(OH)–C–C–N with tert-alkyl or cyclic N) is 1. The fraction of sp³-hybridized carbons (Fsp3) is 0.400. The van der Waals surface area contributed by atoms with Gasteiger partial charge in [-0.1, -0.05) is 0 Å². The van der Waals surface area contributed by atoms with Crippen LogP contribution in [0.4, 0.5) is 32.3 Å². The molecule has 3 aromatic heterocycles. The van der Waals surface area contributed by atoms with Gasteiger partial charge in [0.1, 0.15) is 17.8 Å². The summed E-state index contributed by atoms with van der Waals surface area (Å²) >= 11 is 0. The molecule has 3 N–H and O–H groups in total. The molecule has 10 nitrogen and oxygen atoms in total. The van der Waals surface area contributed by atoms with Crippen LogP contribution in [0.25, 0.3) is 5.65 Å². The number of pyridine rings is 1. The third-order valence-electron chi connectivity index (χ3n) is 5.56. The van der Waals surface area contributed by atoms with E-state index in [1.165, 1.54) is 10.7 Å². The second-order valence-electron chi connectivity index (χ2n) is 7.81. The molecule has 2 amide bonds. The molecule has 2 aliphatic rings. The van der Waals surface area contributed by atoms with E-state index >= 15 is 0 Å². The fourth-order valence-electron chi connectivity index (χ4n) is 3.93. The van der Waals surface area contributed by atoms with Gasteiger partial charge in [0.15, 0.2) is 11.5 Å². The van der Waals surface area contributed by atoms with Crippen LogP contribution >= 0.6 is 0 Å². The molecule has 2 aliphatic heterocycles. The van der Waals surface area contributed by atoms with Crippen molar-refractivity contribution in [2.45, 2.75) is 25.1 Å². The number of aliphatic hydroxyl groups is 1. The second-order valence-corrected chi connectivity index (χ2v) is 7.81. The molecule has 2 unspecified atom stereocenters. The van der Waals surface area contributed by atoms with Crippen molar-refractivity contribution in [3.05, 3.63) is 36.7 Å². The quantitative estimate of drug-likeness (QED) is 0.584. The minimum atomic E-state index is -0.849. The van der Waals surface area contributed by atoms with E-state index in [1.54, 1.807) is 24.4 Å². The van der Waals surface area contributed by atoms with Crippen LogP contribution in [0, 0.1) is 0 Å². The van der Waals surface area contributed by atoms with Gasteiger partial charge < -0.3 is 14.9 Å². The first-order valence-corrected chi connectivity index (χ1v) is 10.3. The topological polar surface area (TPSA) is 111 Å². The van der Waals surface area contributed by atoms with Gasteiger partial charge in [-0.15, -0.1) is 5.10 Å². The van der Waals surface area contributed by atoms with E-state index in [9.17, 15) is 14.3 Å². The van der Waals surface area contributed by atoms with Crippen molar-refractivity contribution in [1.29, 1.82) is 0 Å². The van der Waals surface area contributed by atoms with Gasteiger partial charge in [-0.2, -0.15) is 4.52 Å². The molecular weight excluding hydrogens is 403 g/mol. The number of aromatic nitrogens is 4. The normalized spacial score (nSPS) is 21.1. The van der Waals surface area contributed by atoms with Gasteiger partial charge in [-0.05, 0) is 37.1 Å². The van der Waals surface area contributed by atoms with Crippen molar-refractivity contribution in [2.75, 3.05) is 46.6 Å². The summed E-state index contributed by atoms with van der Waals surface area (Å²) in [4.78, 5) is 24.9. The Morgan fingerprint density at radius 2 is 1.90 bits per heavy atom. The fourth-order valence-corrected chi connectivity index (χ4v) is 3.93. The van der Waals surface area contributed by atoms with Crippen molar-refractivity contribution in [3.8, 4) is 0 Å². The third-order valence-corrected chi connectivity index (χ3v) is 5.56. The molecule has 0 saturated carbocycles. The lowest BCUT2D eigenvalue weighted by Gasteiger charge is -2.17. The van der Waals surface area contributed by atoms with Crippen molar-refractivity contribution in [3.63, 3.8) is 0 Å². The van der Waals surface area contributed by atoms with Crippen LogP contribution < -0.4 is 20.4 Å². The Labute approximate surface area is 177 Å². The van der Waals surface area contributed by atoms with Crippen LogP contribution in [0.5, 0.6) is 0 Å². The van der Waals surface area contributed by atoms with Crippen LogP contribution in [0.1, 0.15) is 12.8 Å². The zero-order valence-electron chi connectivity index (χ0n) is 16.8. The average molecular weight is 426 g/mol. The summed E-state index contributed by atoms with van der Waals surface area (Å²) in [5.41, 5.74) is 1.48. The van der Waals surface area contributed by atoms with Crippen molar-refractivity contribution < 1.29 is 14.3 Å². The van der Waals surface area contributed by atoms with E-state index in [-0.39, 0.29) is 6.10 Å². The molecule has 0 aliphatic carbocycles. The summed E-state index contributed by atoms with van der Waals surface area (Å²) in [6.07, 6.45) is 3.25. The standard InChI is InChI=1S/C20H23FN8O2/c21-13-5-7-28(11-13)18-4-3-17-23-10-19(29(17)26-18)25-20(31)24-16-2-1-14(9-22-16)27-8-6-15(30)12-27/h1-4,9-10,13,15,30H,5-8,11-12H2,(H2,22,24,25,31). The summed E-state index contributed by atoms with van der Waals surface area (Å²) in [6, 6.07) is 6.68. The highest BCUT2D eigenvalue weighted by atomic mass is 19.1. The molecule has 5 rings (SSSR count). The van der Waals surface area contributed by atoms with Gasteiger partial charge in [-0.3, -0.25) is 10.6 Å². The van der Waals surface area contributed by atoms with E-state index < -0.39 is 12.2 Å². The van der Waals surface area contributed by atoms with Gasteiger partial charge in [0.25, 0.3) is 0 Å². The Morgan fingerprint density at radius 3 is 2.61 bits per heavy atom. The van der Waals surface area contributed by atoms with Crippen LogP contribution in [-0.4, -0.2) is 69.2 Å². The number of nitrogens with zero attached hydrogens (tertiary/aromatic N) is 6. The number of rotatable bonds is 4. The number of fused-ring (bicyclic) bond motifs is 1. The van der Waals surface area contributed by atoms with Crippen LogP contribution in [0.3, 0.4) is 0 Å². The number of imidazole rings is 1. The Kier molecular flexibility index (Phi) is 5.02. The second kappa shape index (κ2) is 7.99. The van der Waals surface area contributed by atoms with E-state index in [2.05, 4.69) is 30.6 Å². The Hall–Kier alpha value is -3.47. The Bertz CT molecular complexity index is 1090. The van der Waals surface area contributed by atoms with E-state index in [4.69, 9.17) is 0 Å². The highest BCUT2D eigenvalue weighted by Gasteiger charge is 2.24. The molecule has 11 heteroatoms. The molecule has 2 saturated heterocycles. The van der Waals surface area contributed by atoms with Crippen molar-refractivity contribution >= 4 is 34.8 Å². The first kappa shape index (κ1) is 19.5. The summed E-state index contributed by atoms with van der Waals surface area (Å²) < 4.78 is 15.1. The maximum atomic E-state index is 13.5. The Balaban J connectivity index is 1.26. The molecule has 31 heavy (non-hydrogen) atoms. The summed E-state index contributed by atoms with van der Waals surface area (Å²) in [5.74, 6) is 1.43. The van der Waals surface area contributed by atoms with Gasteiger partial charge >= 0.3 is 6.03 Å². The van der Waals surface area contributed by atoms with Crippen LogP contribution in [-0.2, 0) is 0 Å². The molecule has 2 fully saturated rings. The van der Waals surface area contributed by atoms with Crippen molar-refractivity contribution in [1.82, 2.24) is 19.6 Å². The first-order chi connectivity index (χ1) is 15.0. The number of aliphatic hydroxyl groups excluding tert-OH is 1. The van der Waals surface area contributed by atoms with Crippen LogP contribution in [0.2, 0.25) is 0 Å². The number of urea groups is 1. The molecule has 162 valence electrons. The smallest absolute Gasteiger partial charge is 0.326 e. The minimum Gasteiger partial charge on any atom is -0.391 e. The molecule has 0 bridgehead atoms. The van der Waals surface area contributed by atoms with Gasteiger partial charge in [0.2, 0.25) is 0 Å². The number of halogens is 1. The maximum Gasteiger partial charge on any atom is 0.326 e. The largest absolute Gasteiger partial charge is 0.391 e. The maximum absolute atomic E-state index is 13.5. The average Bonchev–Trinajstić information content (AvgIpc) is 3.49. The minimum absolute atomic E-state index is 0.313. The number of carbonyl (C=O) groups is 1. The number of alkyl halides is 1. The molecular formula is C20H23FN8O2. The van der Waals surface area contributed by atoms with Gasteiger partial charge in [-0.25, -0.2) is 19.2 Å². The molecule has 0 radical (unpaired) electrons. The highest BCUT2D eigenvalue weighted by molar-refractivity contribution is 5.98. The third kappa shape index (κ3) is 4.08. The molecule has 0 aromatic carbocycles. The lowest BCUT2D eigenvalue weighted by Crippen LogP contribution is -2.24. The highest BCUT2D eigenvalue weighted by Crippen LogP contribution is 2.22. The molecule has 5 heterocycles. The van der Waals surface area contributed by atoms with Crippen molar-refractivity contribution in [2.24, 2.45) is 0 Å². The molecule has 2 atom stereocenters. The molecule has 0 spiro atoms. The lowest BCUT2D eigenvalue weighted by molar-refractivity contribution is 0.198. The van der Waals surface area contributed by atoms with Gasteiger partial charge in [0.05, 0.1) is 30.7 Å². The van der Waals surface area contributed by atoms with Gasteiger partial charge in [0, 0.05) is 19.6 Å². The Morgan fingerprint density at radius 1 is 1.03 bits per heavy atom. The summed E-state index contributed by atoms with van der Waals surface area (Å²) in [6.45, 7) is 2.29.